The standard InChI is InChI=1S/C14H21ClN2O/c1-4-17(5-2)14(18)8-9-16-13-10-12(15)7-6-11(13)3/h6-7,10,16H,4-5,8-9H2,1-3H3. The van der Waals surface area contributed by atoms with Crippen LogP contribution >= 0.6 is 11.6 Å². The van der Waals surface area contributed by atoms with Crippen molar-refractivity contribution in [1.82, 2.24) is 4.90 Å². The summed E-state index contributed by atoms with van der Waals surface area (Å²) in [5.74, 6) is 0.187. The Morgan fingerprint density at radius 3 is 2.61 bits per heavy atom. The molecule has 0 aromatic heterocycles. The van der Waals surface area contributed by atoms with E-state index in [1.807, 2.05) is 43.9 Å². The van der Waals surface area contributed by atoms with Gasteiger partial charge in [-0.1, -0.05) is 17.7 Å². The van der Waals surface area contributed by atoms with Gasteiger partial charge >= 0.3 is 0 Å². The molecule has 4 heteroatoms. The molecule has 0 radical (unpaired) electrons. The zero-order chi connectivity index (χ0) is 13.5. The van der Waals surface area contributed by atoms with Crippen LogP contribution in [0, 0.1) is 6.92 Å². The van der Waals surface area contributed by atoms with E-state index >= 15 is 0 Å². The quantitative estimate of drug-likeness (QED) is 0.858. The minimum atomic E-state index is 0.187. The van der Waals surface area contributed by atoms with Crippen LogP contribution in [0.3, 0.4) is 0 Å². The number of carbonyl (C=O) groups is 1. The van der Waals surface area contributed by atoms with Crippen molar-refractivity contribution in [1.29, 1.82) is 0 Å². The van der Waals surface area contributed by atoms with E-state index < -0.39 is 0 Å². The molecule has 1 amide bonds. The van der Waals surface area contributed by atoms with E-state index in [1.54, 1.807) is 0 Å². The van der Waals surface area contributed by atoms with Crippen LogP contribution in [0.25, 0.3) is 0 Å². The Morgan fingerprint density at radius 1 is 1.33 bits per heavy atom. The van der Waals surface area contributed by atoms with E-state index in [4.69, 9.17) is 11.6 Å². The van der Waals surface area contributed by atoms with Gasteiger partial charge < -0.3 is 10.2 Å². The molecule has 0 aliphatic carbocycles. The van der Waals surface area contributed by atoms with E-state index in [1.165, 1.54) is 0 Å². The third-order valence-electron chi connectivity index (χ3n) is 2.97. The van der Waals surface area contributed by atoms with Crippen LogP contribution in [0.15, 0.2) is 18.2 Å². The fraction of sp³-hybridized carbons (Fsp3) is 0.500. The molecule has 18 heavy (non-hydrogen) atoms. The molecule has 0 saturated carbocycles. The van der Waals surface area contributed by atoms with Crippen LogP contribution in [0.5, 0.6) is 0 Å². The Bertz CT molecular complexity index is 403. The van der Waals surface area contributed by atoms with Crippen molar-refractivity contribution in [2.75, 3.05) is 25.0 Å². The largest absolute Gasteiger partial charge is 0.384 e. The number of hydrogen-bond acceptors (Lipinski definition) is 2. The van der Waals surface area contributed by atoms with Crippen molar-refractivity contribution in [3.8, 4) is 0 Å². The summed E-state index contributed by atoms with van der Waals surface area (Å²) in [6.45, 7) is 8.18. The van der Waals surface area contributed by atoms with E-state index in [2.05, 4.69) is 5.32 Å². The molecule has 0 aliphatic rings. The van der Waals surface area contributed by atoms with Gasteiger partial charge in [-0.2, -0.15) is 0 Å². The van der Waals surface area contributed by atoms with Crippen LogP contribution in [0.4, 0.5) is 5.69 Å². The molecular weight excluding hydrogens is 248 g/mol. The summed E-state index contributed by atoms with van der Waals surface area (Å²) in [7, 11) is 0. The highest BCUT2D eigenvalue weighted by Gasteiger charge is 2.08. The second-order valence-corrected chi connectivity index (χ2v) is 4.64. The van der Waals surface area contributed by atoms with Gasteiger partial charge in [0.25, 0.3) is 0 Å². The van der Waals surface area contributed by atoms with E-state index in [9.17, 15) is 4.79 Å². The fourth-order valence-corrected chi connectivity index (χ4v) is 2.00. The summed E-state index contributed by atoms with van der Waals surface area (Å²) in [5, 5.41) is 3.96. The third kappa shape index (κ3) is 4.22. The number of amides is 1. The number of benzene rings is 1. The average Bonchev–Trinajstić information content (AvgIpc) is 2.35. The highest BCUT2D eigenvalue weighted by molar-refractivity contribution is 6.30. The van der Waals surface area contributed by atoms with Crippen molar-refractivity contribution in [3.05, 3.63) is 28.8 Å². The molecule has 1 N–H and O–H groups in total. The first kappa shape index (κ1) is 14.8. The van der Waals surface area contributed by atoms with E-state index in [0.29, 0.717) is 18.0 Å². The molecule has 100 valence electrons. The van der Waals surface area contributed by atoms with Gasteiger partial charge in [-0.15, -0.1) is 0 Å². The summed E-state index contributed by atoms with van der Waals surface area (Å²) in [5.41, 5.74) is 2.13. The lowest BCUT2D eigenvalue weighted by molar-refractivity contribution is -0.130. The molecule has 0 saturated heterocycles. The Balaban J connectivity index is 2.46. The number of hydrogen-bond donors (Lipinski definition) is 1. The van der Waals surface area contributed by atoms with Crippen LogP contribution in [-0.2, 0) is 4.79 Å². The summed E-state index contributed by atoms with van der Waals surface area (Å²) < 4.78 is 0. The van der Waals surface area contributed by atoms with Gasteiger partial charge in [0.15, 0.2) is 0 Å². The molecule has 1 aromatic rings. The zero-order valence-corrected chi connectivity index (χ0v) is 12.0. The monoisotopic (exact) mass is 268 g/mol. The van der Waals surface area contributed by atoms with Crippen molar-refractivity contribution < 1.29 is 4.79 Å². The van der Waals surface area contributed by atoms with Crippen molar-refractivity contribution in [3.63, 3.8) is 0 Å². The molecule has 0 fully saturated rings. The van der Waals surface area contributed by atoms with Crippen LogP contribution < -0.4 is 5.32 Å². The van der Waals surface area contributed by atoms with Gasteiger partial charge in [0.2, 0.25) is 5.91 Å². The number of aryl methyl sites for hydroxylation is 1. The lowest BCUT2D eigenvalue weighted by atomic mass is 10.2. The van der Waals surface area contributed by atoms with Gasteiger partial charge in [0.1, 0.15) is 0 Å². The molecule has 0 spiro atoms. The van der Waals surface area contributed by atoms with Crippen LogP contribution in [0.2, 0.25) is 5.02 Å². The number of halogens is 1. The molecule has 0 heterocycles. The number of nitrogens with one attached hydrogen (secondary N) is 1. The second kappa shape index (κ2) is 7.27. The number of anilines is 1. The van der Waals surface area contributed by atoms with Crippen molar-refractivity contribution in [2.24, 2.45) is 0 Å². The average molecular weight is 269 g/mol. The maximum Gasteiger partial charge on any atom is 0.224 e. The highest BCUT2D eigenvalue weighted by atomic mass is 35.5. The van der Waals surface area contributed by atoms with E-state index in [-0.39, 0.29) is 5.91 Å². The predicted molar refractivity (Wildman–Crippen MR) is 77.2 cm³/mol. The highest BCUT2D eigenvalue weighted by Crippen LogP contribution is 2.19. The Labute approximate surface area is 114 Å². The summed E-state index contributed by atoms with van der Waals surface area (Å²) in [6, 6.07) is 5.72. The number of rotatable bonds is 6. The summed E-state index contributed by atoms with van der Waals surface area (Å²) in [4.78, 5) is 13.6. The van der Waals surface area contributed by atoms with E-state index in [0.717, 1.165) is 24.3 Å². The van der Waals surface area contributed by atoms with Crippen molar-refractivity contribution in [2.45, 2.75) is 27.2 Å². The molecule has 1 aromatic carbocycles. The summed E-state index contributed by atoms with van der Waals surface area (Å²) in [6.07, 6.45) is 0.508. The molecule has 0 atom stereocenters. The first-order valence-electron chi connectivity index (χ1n) is 6.36. The fourth-order valence-electron chi connectivity index (χ4n) is 1.82. The first-order valence-corrected chi connectivity index (χ1v) is 6.74. The van der Waals surface area contributed by atoms with Crippen molar-refractivity contribution >= 4 is 23.2 Å². The molecule has 0 unspecified atom stereocenters. The normalized spacial score (nSPS) is 10.2. The minimum Gasteiger partial charge on any atom is -0.384 e. The molecular formula is C14H21ClN2O. The SMILES string of the molecule is CCN(CC)C(=O)CCNc1cc(Cl)ccc1C. The summed E-state index contributed by atoms with van der Waals surface area (Å²) >= 11 is 5.94. The maximum atomic E-state index is 11.8. The molecule has 1 rings (SSSR count). The Hall–Kier alpha value is -1.22. The maximum absolute atomic E-state index is 11.8. The van der Waals surface area contributed by atoms with Gasteiger partial charge in [0.05, 0.1) is 0 Å². The number of nitrogens with zero attached hydrogens (tertiary/aromatic N) is 1. The topological polar surface area (TPSA) is 32.3 Å². The second-order valence-electron chi connectivity index (χ2n) is 4.20. The van der Waals surface area contributed by atoms with Gasteiger partial charge in [-0.3, -0.25) is 4.79 Å². The zero-order valence-electron chi connectivity index (χ0n) is 11.3. The molecule has 3 nitrogen and oxygen atoms in total. The Kier molecular flexibility index (Phi) is 5.99. The van der Waals surface area contributed by atoms with Crippen LogP contribution in [0.1, 0.15) is 25.8 Å². The van der Waals surface area contributed by atoms with Gasteiger partial charge in [-0.05, 0) is 38.5 Å². The number of carbonyl (C=O) groups excluding carboxylic acids is 1. The van der Waals surface area contributed by atoms with Gasteiger partial charge in [-0.25, -0.2) is 0 Å². The first-order chi connectivity index (χ1) is 8.58. The van der Waals surface area contributed by atoms with Gasteiger partial charge in [0, 0.05) is 36.8 Å². The third-order valence-corrected chi connectivity index (χ3v) is 3.21. The lowest BCUT2D eigenvalue weighted by Crippen LogP contribution is -2.31. The molecule has 0 aliphatic heterocycles. The predicted octanol–water partition coefficient (Wildman–Crippen LogP) is 3.32. The van der Waals surface area contributed by atoms with Crippen LogP contribution in [-0.4, -0.2) is 30.4 Å². The Morgan fingerprint density at radius 2 is 2.00 bits per heavy atom. The smallest absolute Gasteiger partial charge is 0.224 e. The lowest BCUT2D eigenvalue weighted by Gasteiger charge is -2.19. The minimum absolute atomic E-state index is 0.187. The molecule has 0 bridgehead atoms.